The molecule has 2 aromatic rings. The predicted octanol–water partition coefficient (Wildman–Crippen LogP) is 4.98. The van der Waals surface area contributed by atoms with Crippen LogP contribution in [-0.4, -0.2) is 0 Å². The lowest BCUT2D eigenvalue weighted by atomic mass is 10.3. The molecular weight excluding hydrogens is 263 g/mol. The molecule has 2 rings (SSSR count). The Balaban J connectivity index is 2.28. The van der Waals surface area contributed by atoms with E-state index in [-0.39, 0.29) is 5.38 Å². The summed E-state index contributed by atoms with van der Waals surface area (Å²) in [5.41, 5.74) is 0. The summed E-state index contributed by atoms with van der Waals surface area (Å²) in [6.07, 6.45) is 0. The van der Waals surface area contributed by atoms with E-state index in [0.717, 1.165) is 4.88 Å². The van der Waals surface area contributed by atoms with E-state index in [9.17, 15) is 0 Å². The normalized spacial score (nSPS) is 13.1. The topological polar surface area (TPSA) is 13.1 Å². The molecule has 0 bridgehead atoms. The molecule has 0 amide bonds. The van der Waals surface area contributed by atoms with Crippen LogP contribution in [0.4, 0.5) is 0 Å². The zero-order valence-corrected chi connectivity index (χ0v) is 9.92. The average Bonchev–Trinajstić information content (AvgIpc) is 2.73. The highest BCUT2D eigenvalue weighted by molar-refractivity contribution is 7.16. The fourth-order valence-corrected chi connectivity index (χ4v) is 2.59. The lowest BCUT2D eigenvalue weighted by Gasteiger charge is -2.01. The van der Waals surface area contributed by atoms with Crippen LogP contribution in [0.1, 0.15) is 16.0 Å². The van der Waals surface area contributed by atoms with Crippen LogP contribution in [0.15, 0.2) is 28.7 Å². The summed E-state index contributed by atoms with van der Waals surface area (Å²) in [7, 11) is 0. The largest absolute Gasteiger partial charge is 0.448 e. The van der Waals surface area contributed by atoms with E-state index in [4.69, 9.17) is 39.2 Å². The third-order valence-electron chi connectivity index (χ3n) is 1.69. The van der Waals surface area contributed by atoms with Crippen molar-refractivity contribution in [3.8, 4) is 0 Å². The first-order valence-corrected chi connectivity index (χ1v) is 5.82. The molecule has 0 aliphatic rings. The Labute approximate surface area is 100 Å². The Hall–Kier alpha value is -0.150. The summed E-state index contributed by atoms with van der Waals surface area (Å²) in [6, 6.07) is 7.11. The number of thiophene rings is 1. The first kappa shape index (κ1) is 10.4. The number of halogens is 3. The van der Waals surface area contributed by atoms with Gasteiger partial charge in [0.25, 0.3) is 0 Å². The molecule has 0 aliphatic heterocycles. The Morgan fingerprint density at radius 2 is 1.93 bits per heavy atom. The van der Waals surface area contributed by atoms with Gasteiger partial charge >= 0.3 is 0 Å². The minimum atomic E-state index is -0.319. The summed E-state index contributed by atoms with van der Waals surface area (Å²) in [5, 5.41) is 0.0216. The first-order chi connectivity index (χ1) is 6.66. The van der Waals surface area contributed by atoms with Gasteiger partial charge < -0.3 is 4.42 Å². The van der Waals surface area contributed by atoms with Gasteiger partial charge in [-0.2, -0.15) is 0 Å². The SMILES string of the molecule is Clc1ccc(C(Cl)c2ccc(Cl)s2)o1. The Morgan fingerprint density at radius 3 is 2.43 bits per heavy atom. The molecular formula is C9H5Cl3OS. The molecule has 1 unspecified atom stereocenters. The summed E-state index contributed by atoms with van der Waals surface area (Å²) < 4.78 is 5.92. The molecule has 2 aromatic heterocycles. The Morgan fingerprint density at radius 1 is 1.14 bits per heavy atom. The van der Waals surface area contributed by atoms with Crippen LogP contribution in [0.25, 0.3) is 0 Å². The van der Waals surface area contributed by atoms with Gasteiger partial charge in [-0.25, -0.2) is 0 Å². The minimum absolute atomic E-state index is 0.319. The lowest BCUT2D eigenvalue weighted by Crippen LogP contribution is -1.85. The lowest BCUT2D eigenvalue weighted by molar-refractivity contribution is 0.519. The second kappa shape index (κ2) is 4.15. The van der Waals surface area contributed by atoms with E-state index in [2.05, 4.69) is 0 Å². The molecule has 0 saturated heterocycles. The van der Waals surface area contributed by atoms with Gasteiger partial charge in [-0.1, -0.05) is 11.6 Å². The second-order valence-corrected chi connectivity index (χ2v) is 5.20. The number of alkyl halides is 1. The van der Waals surface area contributed by atoms with Crippen molar-refractivity contribution in [2.24, 2.45) is 0 Å². The van der Waals surface area contributed by atoms with Crippen molar-refractivity contribution in [3.63, 3.8) is 0 Å². The quantitative estimate of drug-likeness (QED) is 0.700. The van der Waals surface area contributed by atoms with E-state index in [1.165, 1.54) is 11.3 Å². The molecule has 14 heavy (non-hydrogen) atoms. The van der Waals surface area contributed by atoms with Gasteiger partial charge in [0.15, 0.2) is 5.22 Å². The van der Waals surface area contributed by atoms with E-state index >= 15 is 0 Å². The van der Waals surface area contributed by atoms with Crippen molar-refractivity contribution in [2.75, 3.05) is 0 Å². The first-order valence-electron chi connectivity index (χ1n) is 3.81. The van der Waals surface area contributed by atoms with Gasteiger partial charge in [0.05, 0.1) is 4.34 Å². The molecule has 74 valence electrons. The molecule has 5 heteroatoms. The van der Waals surface area contributed by atoms with Crippen molar-refractivity contribution >= 4 is 46.1 Å². The molecule has 0 radical (unpaired) electrons. The maximum absolute atomic E-state index is 6.16. The van der Waals surface area contributed by atoms with Gasteiger partial charge in [0.1, 0.15) is 11.1 Å². The standard InChI is InChI=1S/C9H5Cl3OS/c10-7-3-1-5(13-7)9(12)6-2-4-8(11)14-6/h1-4,9H. The monoisotopic (exact) mass is 266 g/mol. The van der Waals surface area contributed by atoms with Gasteiger partial charge in [0, 0.05) is 4.88 Å². The number of hydrogen-bond donors (Lipinski definition) is 0. The van der Waals surface area contributed by atoms with Crippen molar-refractivity contribution in [2.45, 2.75) is 5.38 Å². The molecule has 0 spiro atoms. The Kier molecular flexibility index (Phi) is 3.07. The van der Waals surface area contributed by atoms with Crippen LogP contribution in [0.2, 0.25) is 9.56 Å². The molecule has 1 nitrogen and oxygen atoms in total. The molecule has 0 fully saturated rings. The van der Waals surface area contributed by atoms with Crippen LogP contribution >= 0.6 is 46.1 Å². The average molecular weight is 268 g/mol. The van der Waals surface area contributed by atoms with E-state index in [1.807, 2.05) is 12.1 Å². The zero-order chi connectivity index (χ0) is 10.1. The van der Waals surface area contributed by atoms with Crippen molar-refractivity contribution in [1.82, 2.24) is 0 Å². The number of rotatable bonds is 2. The van der Waals surface area contributed by atoms with Gasteiger partial charge in [-0.15, -0.1) is 22.9 Å². The maximum atomic E-state index is 6.16. The smallest absolute Gasteiger partial charge is 0.193 e. The highest BCUT2D eigenvalue weighted by Gasteiger charge is 2.16. The number of hydrogen-bond acceptors (Lipinski definition) is 2. The summed E-state index contributed by atoms with van der Waals surface area (Å²) >= 11 is 19.0. The van der Waals surface area contributed by atoms with Crippen molar-refractivity contribution < 1.29 is 4.42 Å². The minimum Gasteiger partial charge on any atom is -0.448 e. The predicted molar refractivity (Wildman–Crippen MR) is 60.7 cm³/mol. The fourth-order valence-electron chi connectivity index (χ4n) is 1.07. The molecule has 0 N–H and O–H groups in total. The van der Waals surface area contributed by atoms with E-state index in [1.54, 1.807) is 12.1 Å². The van der Waals surface area contributed by atoms with Gasteiger partial charge in [-0.05, 0) is 35.9 Å². The number of furan rings is 1. The Bertz CT molecular complexity index is 394. The highest BCUT2D eigenvalue weighted by Crippen LogP contribution is 2.36. The second-order valence-electron chi connectivity index (χ2n) is 2.65. The molecule has 2 heterocycles. The van der Waals surface area contributed by atoms with Gasteiger partial charge in [0.2, 0.25) is 0 Å². The van der Waals surface area contributed by atoms with Crippen molar-refractivity contribution in [1.29, 1.82) is 0 Å². The maximum Gasteiger partial charge on any atom is 0.193 e. The molecule has 0 saturated carbocycles. The van der Waals surface area contributed by atoms with Crippen LogP contribution < -0.4 is 0 Å². The summed E-state index contributed by atoms with van der Waals surface area (Å²) in [6.45, 7) is 0. The fraction of sp³-hybridized carbons (Fsp3) is 0.111. The highest BCUT2D eigenvalue weighted by atomic mass is 35.5. The zero-order valence-electron chi connectivity index (χ0n) is 6.84. The molecule has 1 atom stereocenters. The van der Waals surface area contributed by atoms with Crippen LogP contribution in [-0.2, 0) is 0 Å². The van der Waals surface area contributed by atoms with Crippen LogP contribution in [0.5, 0.6) is 0 Å². The third-order valence-corrected chi connectivity index (χ3v) is 3.77. The third kappa shape index (κ3) is 2.09. The summed E-state index contributed by atoms with van der Waals surface area (Å²) in [4.78, 5) is 0.947. The molecule has 0 aliphatic carbocycles. The van der Waals surface area contributed by atoms with E-state index in [0.29, 0.717) is 15.3 Å². The van der Waals surface area contributed by atoms with Gasteiger partial charge in [-0.3, -0.25) is 0 Å². The molecule has 0 aromatic carbocycles. The van der Waals surface area contributed by atoms with Crippen molar-refractivity contribution in [3.05, 3.63) is 44.5 Å². The van der Waals surface area contributed by atoms with Crippen LogP contribution in [0, 0.1) is 0 Å². The summed E-state index contributed by atoms with van der Waals surface area (Å²) in [5.74, 6) is 0.634. The van der Waals surface area contributed by atoms with E-state index < -0.39 is 0 Å². The van der Waals surface area contributed by atoms with Crippen LogP contribution in [0.3, 0.4) is 0 Å².